The van der Waals surface area contributed by atoms with Gasteiger partial charge in [-0.1, -0.05) is 39.0 Å². The Morgan fingerprint density at radius 3 is 2.62 bits per heavy atom. The van der Waals surface area contributed by atoms with Crippen molar-refractivity contribution in [1.82, 2.24) is 14.7 Å². The molecule has 2 unspecified atom stereocenters. The van der Waals surface area contributed by atoms with Gasteiger partial charge in [0.2, 0.25) is 11.8 Å². The quantitative estimate of drug-likeness (QED) is 0.268. The van der Waals surface area contributed by atoms with Crippen LogP contribution in [0.5, 0.6) is 0 Å². The number of thioether (sulfide) groups is 1. The molecule has 4 saturated heterocycles. The molecule has 1 N–H and O–H groups in total. The number of amides is 2. The molecule has 4 aliphatic heterocycles. The van der Waals surface area contributed by atoms with Crippen LogP contribution < -0.4 is 0 Å². The summed E-state index contributed by atoms with van der Waals surface area (Å²) in [5.41, 5.74) is 0. The lowest BCUT2D eigenvalue weighted by molar-refractivity contribution is -0.155. The van der Waals surface area contributed by atoms with Crippen molar-refractivity contribution in [3.63, 3.8) is 0 Å². The molecule has 0 aromatic carbocycles. The van der Waals surface area contributed by atoms with Crippen LogP contribution in [0.3, 0.4) is 0 Å². The van der Waals surface area contributed by atoms with Crippen LogP contribution in [0.4, 0.5) is 0 Å². The normalized spacial score (nSPS) is 33.5. The Morgan fingerprint density at radius 2 is 2.00 bits per heavy atom. The van der Waals surface area contributed by atoms with Gasteiger partial charge in [0.25, 0.3) is 0 Å². The predicted octanol–water partition coefficient (Wildman–Crippen LogP) is 1.95. The summed E-state index contributed by atoms with van der Waals surface area (Å²) in [6.07, 6.45) is 5.37. The van der Waals surface area contributed by atoms with Crippen LogP contribution in [0.1, 0.15) is 40.0 Å². The first-order chi connectivity index (χ1) is 18.7. The third kappa shape index (κ3) is 5.29. The molecule has 2 amide bonds. The first-order valence-corrected chi connectivity index (χ1v) is 15.1. The lowest BCUT2D eigenvalue weighted by Gasteiger charge is -2.41. The number of likely N-dealkylation sites (tertiary alicyclic amines) is 1. The van der Waals surface area contributed by atoms with Crippen molar-refractivity contribution in [3.05, 3.63) is 25.3 Å². The minimum absolute atomic E-state index is 0.0189. The minimum atomic E-state index is -0.769. The van der Waals surface area contributed by atoms with Gasteiger partial charge in [-0.05, 0) is 25.7 Å². The van der Waals surface area contributed by atoms with Crippen molar-refractivity contribution in [2.24, 2.45) is 17.8 Å². The molecular formula is C29H45N3O6S. The van der Waals surface area contributed by atoms with E-state index >= 15 is 0 Å². The summed E-state index contributed by atoms with van der Waals surface area (Å²) in [5, 5.41) is 10.5. The third-order valence-corrected chi connectivity index (χ3v) is 11.3. The van der Waals surface area contributed by atoms with E-state index in [9.17, 15) is 19.5 Å². The molecule has 1 spiro atoms. The zero-order valence-electron chi connectivity index (χ0n) is 23.7. The van der Waals surface area contributed by atoms with Gasteiger partial charge in [0.05, 0.1) is 42.4 Å². The lowest BCUT2D eigenvalue weighted by atomic mass is 9.66. The molecular weight excluding hydrogens is 518 g/mol. The van der Waals surface area contributed by atoms with Crippen molar-refractivity contribution in [2.45, 2.75) is 61.6 Å². The van der Waals surface area contributed by atoms with Gasteiger partial charge in [-0.2, -0.15) is 0 Å². The number of fused-ring (bicyclic) bond motifs is 1. The Hall–Kier alpha value is -1.88. The van der Waals surface area contributed by atoms with Gasteiger partial charge in [-0.3, -0.25) is 19.3 Å². The van der Waals surface area contributed by atoms with E-state index in [-0.39, 0.29) is 30.9 Å². The number of carbonyl (C=O) groups is 3. The fraction of sp³-hybridized carbons (Fsp3) is 0.759. The van der Waals surface area contributed by atoms with Gasteiger partial charge in [0.15, 0.2) is 0 Å². The van der Waals surface area contributed by atoms with E-state index in [1.165, 1.54) is 6.08 Å². The molecule has 10 heteroatoms. The van der Waals surface area contributed by atoms with Crippen molar-refractivity contribution in [1.29, 1.82) is 0 Å². The average molecular weight is 564 g/mol. The van der Waals surface area contributed by atoms with Gasteiger partial charge >= 0.3 is 5.97 Å². The second-order valence-electron chi connectivity index (χ2n) is 11.6. The largest absolute Gasteiger partial charge is 0.461 e. The van der Waals surface area contributed by atoms with Gasteiger partial charge in [0.1, 0.15) is 12.6 Å². The van der Waals surface area contributed by atoms with E-state index < -0.39 is 39.4 Å². The highest BCUT2D eigenvalue weighted by molar-refractivity contribution is 8.02. The number of hydrogen-bond acceptors (Lipinski definition) is 8. The van der Waals surface area contributed by atoms with Crippen LogP contribution >= 0.6 is 11.8 Å². The molecule has 4 fully saturated rings. The Labute approximate surface area is 236 Å². The maximum Gasteiger partial charge on any atom is 0.311 e. The molecule has 4 aliphatic rings. The third-order valence-electron chi connectivity index (χ3n) is 9.34. The first kappa shape index (κ1) is 30.1. The van der Waals surface area contributed by atoms with Gasteiger partial charge in [-0.15, -0.1) is 18.3 Å². The Balaban J connectivity index is 1.72. The zero-order valence-corrected chi connectivity index (χ0v) is 24.5. The summed E-state index contributed by atoms with van der Waals surface area (Å²) in [7, 11) is 0. The summed E-state index contributed by atoms with van der Waals surface area (Å²) < 4.78 is 9.74. The van der Waals surface area contributed by atoms with Gasteiger partial charge in [-0.25, -0.2) is 0 Å². The topological polar surface area (TPSA) is 99.6 Å². The molecule has 0 aromatic heterocycles. The monoisotopic (exact) mass is 563 g/mol. The summed E-state index contributed by atoms with van der Waals surface area (Å²) in [6.45, 7) is 18.0. The predicted molar refractivity (Wildman–Crippen MR) is 151 cm³/mol. The van der Waals surface area contributed by atoms with E-state index in [4.69, 9.17) is 9.47 Å². The van der Waals surface area contributed by atoms with Crippen LogP contribution in [0.25, 0.3) is 0 Å². The number of aliphatic hydroxyl groups excluding tert-OH is 1. The SMILES string of the molecule is C=CCOC(=O)[C@@H]1[C@H]2C(=O)N([C@@H](CO)[C@@H](C)CC)C(C(=O)N(CC=C)CCN3CCOCC3)C23CC[C@@]1(C)S3. The molecule has 0 aliphatic carbocycles. The number of hydrogen-bond donors (Lipinski definition) is 1. The van der Waals surface area contributed by atoms with Gasteiger partial charge in [0, 0.05) is 37.5 Å². The minimum Gasteiger partial charge on any atom is -0.461 e. The Morgan fingerprint density at radius 1 is 1.28 bits per heavy atom. The number of carbonyl (C=O) groups excluding carboxylic acids is 3. The second-order valence-corrected chi connectivity index (χ2v) is 13.5. The van der Waals surface area contributed by atoms with Crippen LogP contribution in [0.2, 0.25) is 0 Å². The van der Waals surface area contributed by atoms with Crippen LogP contribution in [-0.2, 0) is 23.9 Å². The van der Waals surface area contributed by atoms with E-state index in [0.29, 0.717) is 39.3 Å². The van der Waals surface area contributed by atoms with Crippen molar-refractivity contribution >= 4 is 29.5 Å². The van der Waals surface area contributed by atoms with Crippen molar-refractivity contribution < 1.29 is 29.0 Å². The van der Waals surface area contributed by atoms with E-state index in [0.717, 1.165) is 25.9 Å². The average Bonchev–Trinajstić information content (AvgIpc) is 3.51. The molecule has 0 aromatic rings. The Kier molecular flexibility index (Phi) is 9.51. The Bertz CT molecular complexity index is 957. The molecule has 2 bridgehead atoms. The van der Waals surface area contributed by atoms with Crippen molar-refractivity contribution in [2.75, 3.05) is 59.2 Å². The maximum atomic E-state index is 14.6. The number of nitrogens with zero attached hydrogens (tertiary/aromatic N) is 3. The van der Waals surface area contributed by atoms with E-state index in [1.807, 2.05) is 20.8 Å². The van der Waals surface area contributed by atoms with E-state index in [2.05, 4.69) is 18.1 Å². The molecule has 9 nitrogen and oxygen atoms in total. The molecule has 218 valence electrons. The fourth-order valence-electron chi connectivity index (χ4n) is 7.11. The second kappa shape index (κ2) is 12.3. The maximum absolute atomic E-state index is 14.6. The molecule has 7 atom stereocenters. The summed E-state index contributed by atoms with van der Waals surface area (Å²) in [6, 6.07) is -1.28. The number of rotatable bonds is 13. The first-order valence-electron chi connectivity index (χ1n) is 14.3. The highest BCUT2D eigenvalue weighted by Crippen LogP contribution is 2.72. The smallest absolute Gasteiger partial charge is 0.311 e. The van der Waals surface area contributed by atoms with Gasteiger partial charge < -0.3 is 24.4 Å². The van der Waals surface area contributed by atoms with Crippen LogP contribution in [0, 0.1) is 17.8 Å². The summed E-state index contributed by atoms with van der Waals surface area (Å²) in [4.78, 5) is 48.1. The van der Waals surface area contributed by atoms with Crippen LogP contribution in [0.15, 0.2) is 25.3 Å². The number of ether oxygens (including phenoxy) is 2. The highest BCUT2D eigenvalue weighted by Gasteiger charge is 2.78. The number of morpholine rings is 1. The number of esters is 1. The van der Waals surface area contributed by atoms with E-state index in [1.54, 1.807) is 27.6 Å². The summed E-state index contributed by atoms with van der Waals surface area (Å²) in [5.74, 6) is -2.09. The summed E-state index contributed by atoms with van der Waals surface area (Å²) >= 11 is 1.62. The number of aliphatic hydroxyl groups is 1. The standard InChI is InChI=1S/C29H45N3O6S/c1-6-11-31(13-12-30-14-17-37-18-15-30)26(35)24-29-10-9-28(5,39-29)23(27(36)38-16-7-2)22(29)25(34)32(24)21(19-33)20(4)8-3/h6-7,20-24,33H,1-2,8-19H2,3-5H3/t20-,21-,22-,23-,24?,28+,29?/m0/s1. The molecule has 0 radical (unpaired) electrons. The lowest BCUT2D eigenvalue weighted by Crippen LogP contribution is -2.59. The fourth-order valence-corrected chi connectivity index (χ4v) is 9.44. The molecule has 39 heavy (non-hydrogen) atoms. The molecule has 4 heterocycles. The molecule has 0 saturated carbocycles. The highest BCUT2D eigenvalue weighted by atomic mass is 32.2. The van der Waals surface area contributed by atoms with Crippen molar-refractivity contribution in [3.8, 4) is 0 Å². The van der Waals surface area contributed by atoms with Crippen LogP contribution in [-0.4, -0.2) is 118 Å². The molecule has 4 rings (SSSR count). The zero-order chi connectivity index (χ0) is 28.4.